The second kappa shape index (κ2) is 10.5. The van der Waals surface area contributed by atoms with Crippen molar-refractivity contribution in [1.29, 1.82) is 0 Å². The number of aromatic nitrogens is 1. The number of carbonyl (C=O) groups excluding carboxylic acids is 2. The first-order valence-corrected chi connectivity index (χ1v) is 10.3. The SMILES string of the molecule is CN(CCO)CCN(C)c1ccc(C(=O)NC2CC(=O)N(c3c(F)cccc3F)C2)cn1. The summed E-state index contributed by atoms with van der Waals surface area (Å²) in [6.45, 7) is 2.11. The number of nitrogens with one attached hydrogen (secondary N) is 1. The first-order valence-electron chi connectivity index (χ1n) is 10.3. The molecule has 2 amide bonds. The van der Waals surface area contributed by atoms with E-state index in [1.54, 1.807) is 12.1 Å². The number of pyridine rings is 1. The number of amides is 2. The average molecular weight is 447 g/mol. The highest BCUT2D eigenvalue weighted by Gasteiger charge is 2.34. The molecule has 10 heteroatoms. The summed E-state index contributed by atoms with van der Waals surface area (Å²) < 4.78 is 28.0. The van der Waals surface area contributed by atoms with Crippen LogP contribution in [-0.4, -0.2) is 79.7 Å². The Kier molecular flexibility index (Phi) is 7.70. The van der Waals surface area contributed by atoms with Gasteiger partial charge in [-0.1, -0.05) is 6.07 Å². The van der Waals surface area contributed by atoms with Gasteiger partial charge in [-0.25, -0.2) is 13.8 Å². The first kappa shape index (κ1) is 23.6. The van der Waals surface area contributed by atoms with Crippen molar-refractivity contribution in [3.8, 4) is 0 Å². The van der Waals surface area contributed by atoms with E-state index < -0.39 is 35.2 Å². The van der Waals surface area contributed by atoms with E-state index in [2.05, 4.69) is 10.3 Å². The van der Waals surface area contributed by atoms with Crippen LogP contribution in [0.4, 0.5) is 20.3 Å². The Morgan fingerprint density at radius 2 is 1.91 bits per heavy atom. The van der Waals surface area contributed by atoms with Gasteiger partial charge in [0, 0.05) is 45.8 Å². The Morgan fingerprint density at radius 1 is 1.19 bits per heavy atom. The predicted molar refractivity (Wildman–Crippen MR) is 117 cm³/mol. The van der Waals surface area contributed by atoms with Crippen molar-refractivity contribution in [2.24, 2.45) is 0 Å². The van der Waals surface area contributed by atoms with E-state index in [1.165, 1.54) is 12.3 Å². The number of rotatable bonds is 9. The molecule has 1 fully saturated rings. The lowest BCUT2D eigenvalue weighted by Crippen LogP contribution is -2.37. The molecule has 1 saturated heterocycles. The number of aliphatic hydroxyl groups excluding tert-OH is 1. The normalized spacial score (nSPS) is 16.0. The molecular weight excluding hydrogens is 420 g/mol. The Bertz CT molecular complexity index is 937. The molecule has 0 radical (unpaired) electrons. The third-order valence-electron chi connectivity index (χ3n) is 5.37. The molecule has 0 bridgehead atoms. The fourth-order valence-corrected chi connectivity index (χ4v) is 3.50. The first-order chi connectivity index (χ1) is 15.3. The van der Waals surface area contributed by atoms with Crippen LogP contribution in [0.5, 0.6) is 0 Å². The van der Waals surface area contributed by atoms with Crippen LogP contribution >= 0.6 is 0 Å². The van der Waals surface area contributed by atoms with E-state index in [0.29, 0.717) is 24.5 Å². The van der Waals surface area contributed by atoms with Gasteiger partial charge < -0.3 is 25.1 Å². The zero-order valence-corrected chi connectivity index (χ0v) is 18.1. The number of aliphatic hydroxyl groups is 1. The summed E-state index contributed by atoms with van der Waals surface area (Å²) >= 11 is 0. The number of carbonyl (C=O) groups is 2. The summed E-state index contributed by atoms with van der Waals surface area (Å²) in [5.74, 6) is -1.83. The lowest BCUT2D eigenvalue weighted by atomic mass is 10.2. The summed E-state index contributed by atoms with van der Waals surface area (Å²) in [6, 6.07) is 6.20. The fraction of sp³-hybridized carbons (Fsp3) is 0.409. The minimum atomic E-state index is -0.822. The number of nitrogens with zero attached hydrogens (tertiary/aromatic N) is 4. The van der Waals surface area contributed by atoms with Crippen LogP contribution < -0.4 is 15.1 Å². The van der Waals surface area contributed by atoms with Crippen molar-refractivity contribution < 1.29 is 23.5 Å². The Balaban J connectivity index is 1.57. The summed E-state index contributed by atoms with van der Waals surface area (Å²) in [7, 11) is 3.80. The summed E-state index contributed by atoms with van der Waals surface area (Å²) in [4.78, 5) is 34.1. The molecule has 0 aliphatic carbocycles. The maximum absolute atomic E-state index is 14.0. The zero-order valence-electron chi connectivity index (χ0n) is 18.1. The van der Waals surface area contributed by atoms with E-state index in [4.69, 9.17) is 5.11 Å². The molecule has 0 spiro atoms. The summed E-state index contributed by atoms with van der Waals surface area (Å²) in [5.41, 5.74) is -0.0736. The number of hydrogen-bond donors (Lipinski definition) is 2. The van der Waals surface area contributed by atoms with Gasteiger partial charge in [-0.2, -0.15) is 0 Å². The lowest BCUT2D eigenvalue weighted by Gasteiger charge is -2.22. The molecule has 1 unspecified atom stereocenters. The van der Waals surface area contributed by atoms with Crippen molar-refractivity contribution in [1.82, 2.24) is 15.2 Å². The molecule has 0 saturated carbocycles. The molecule has 1 aliphatic rings. The van der Waals surface area contributed by atoms with E-state index in [0.717, 1.165) is 23.6 Å². The van der Waals surface area contributed by atoms with Gasteiger partial charge in [-0.3, -0.25) is 9.59 Å². The van der Waals surface area contributed by atoms with Crippen LogP contribution in [0, 0.1) is 11.6 Å². The Hall–Kier alpha value is -3.11. The molecule has 8 nitrogen and oxygen atoms in total. The van der Waals surface area contributed by atoms with Crippen LogP contribution in [0.25, 0.3) is 0 Å². The highest BCUT2D eigenvalue weighted by molar-refractivity contribution is 5.99. The molecule has 172 valence electrons. The zero-order chi connectivity index (χ0) is 23.3. The number of para-hydroxylation sites is 1. The fourth-order valence-electron chi connectivity index (χ4n) is 3.50. The maximum Gasteiger partial charge on any atom is 0.253 e. The highest BCUT2D eigenvalue weighted by Crippen LogP contribution is 2.27. The third kappa shape index (κ3) is 5.57. The van der Waals surface area contributed by atoms with Crippen molar-refractivity contribution >= 4 is 23.3 Å². The predicted octanol–water partition coefficient (Wildman–Crippen LogP) is 1.26. The topological polar surface area (TPSA) is 89.0 Å². The molecule has 1 aromatic heterocycles. The summed E-state index contributed by atoms with van der Waals surface area (Å²) in [5, 5.41) is 11.7. The number of hydrogen-bond acceptors (Lipinski definition) is 6. The number of likely N-dealkylation sites (N-methyl/N-ethyl adjacent to an activating group) is 2. The molecule has 3 rings (SSSR count). The van der Waals surface area contributed by atoms with Gasteiger partial charge in [-0.15, -0.1) is 0 Å². The minimum absolute atomic E-state index is 0.0158. The number of anilines is 2. The van der Waals surface area contributed by atoms with E-state index >= 15 is 0 Å². The monoisotopic (exact) mass is 447 g/mol. The van der Waals surface area contributed by atoms with Crippen molar-refractivity contribution in [2.45, 2.75) is 12.5 Å². The largest absolute Gasteiger partial charge is 0.395 e. The highest BCUT2D eigenvalue weighted by atomic mass is 19.1. The van der Waals surface area contributed by atoms with Gasteiger partial charge in [0.15, 0.2) is 0 Å². The second-order valence-corrected chi connectivity index (χ2v) is 7.80. The average Bonchev–Trinajstić information content (AvgIpc) is 3.11. The number of benzene rings is 1. The van der Waals surface area contributed by atoms with Gasteiger partial charge >= 0.3 is 0 Å². The van der Waals surface area contributed by atoms with E-state index in [1.807, 2.05) is 23.9 Å². The summed E-state index contributed by atoms with van der Waals surface area (Å²) in [6.07, 6.45) is 1.40. The third-order valence-corrected chi connectivity index (χ3v) is 5.37. The van der Waals surface area contributed by atoms with Gasteiger partial charge in [0.05, 0.1) is 18.2 Å². The smallest absolute Gasteiger partial charge is 0.253 e. The molecule has 1 aromatic carbocycles. The molecule has 2 heterocycles. The Labute approximate surface area is 185 Å². The molecule has 2 aromatic rings. The van der Waals surface area contributed by atoms with Gasteiger partial charge in [0.2, 0.25) is 5.91 Å². The van der Waals surface area contributed by atoms with Gasteiger partial charge in [0.1, 0.15) is 23.1 Å². The molecule has 32 heavy (non-hydrogen) atoms. The van der Waals surface area contributed by atoms with Gasteiger partial charge in [-0.05, 0) is 31.3 Å². The van der Waals surface area contributed by atoms with Crippen LogP contribution in [0.1, 0.15) is 16.8 Å². The van der Waals surface area contributed by atoms with Crippen molar-refractivity contribution in [2.75, 3.05) is 56.7 Å². The number of halogens is 2. The van der Waals surface area contributed by atoms with Crippen LogP contribution in [0.15, 0.2) is 36.5 Å². The second-order valence-electron chi connectivity index (χ2n) is 7.80. The van der Waals surface area contributed by atoms with Crippen LogP contribution in [0.3, 0.4) is 0 Å². The van der Waals surface area contributed by atoms with Crippen molar-refractivity contribution in [3.63, 3.8) is 0 Å². The quantitative estimate of drug-likeness (QED) is 0.602. The van der Waals surface area contributed by atoms with E-state index in [-0.39, 0.29) is 19.6 Å². The Morgan fingerprint density at radius 3 is 2.53 bits per heavy atom. The maximum atomic E-state index is 14.0. The molecule has 2 N–H and O–H groups in total. The van der Waals surface area contributed by atoms with Gasteiger partial charge in [0.25, 0.3) is 5.91 Å². The molecule has 1 atom stereocenters. The van der Waals surface area contributed by atoms with Crippen LogP contribution in [0.2, 0.25) is 0 Å². The van der Waals surface area contributed by atoms with Crippen molar-refractivity contribution in [3.05, 3.63) is 53.7 Å². The molecular formula is C22H27F2N5O3. The van der Waals surface area contributed by atoms with Crippen LogP contribution in [-0.2, 0) is 4.79 Å². The standard InChI is InChI=1S/C22H27F2N5O3/c1-27(10-11-30)8-9-28(2)19-7-6-15(13-25-19)22(32)26-16-12-20(31)29(14-16)21-17(23)4-3-5-18(21)24/h3-7,13,16,30H,8-12,14H2,1-2H3,(H,26,32). The van der Waals surface area contributed by atoms with E-state index in [9.17, 15) is 18.4 Å². The molecule has 1 aliphatic heterocycles. The lowest BCUT2D eigenvalue weighted by molar-refractivity contribution is -0.117. The minimum Gasteiger partial charge on any atom is -0.395 e.